The third-order valence-corrected chi connectivity index (χ3v) is 4.49. The molecule has 0 bridgehead atoms. The van der Waals surface area contributed by atoms with Crippen LogP contribution in [0.15, 0.2) is 34.8 Å². The molecule has 0 aliphatic heterocycles. The Morgan fingerprint density at radius 2 is 2.04 bits per heavy atom. The molecule has 2 rings (SSSR count). The number of benzene rings is 2. The molecule has 124 valence electrons. The van der Waals surface area contributed by atoms with Crippen LogP contribution in [0.25, 0.3) is 0 Å². The maximum atomic E-state index is 6.15. The first-order valence-corrected chi connectivity index (χ1v) is 8.72. The highest BCUT2D eigenvalue weighted by Gasteiger charge is 2.12. The summed E-state index contributed by atoms with van der Waals surface area (Å²) in [5, 5.41) is 4.17. The molecule has 0 aromatic heterocycles. The topological polar surface area (TPSA) is 30.5 Å². The summed E-state index contributed by atoms with van der Waals surface area (Å²) in [6.07, 6.45) is 0.951. The van der Waals surface area contributed by atoms with Crippen molar-refractivity contribution >= 4 is 33.2 Å². The Kier molecular flexibility index (Phi) is 6.60. The summed E-state index contributed by atoms with van der Waals surface area (Å²) < 4.78 is 12.1. The summed E-state index contributed by atoms with van der Waals surface area (Å²) >= 11 is 9.72. The van der Waals surface area contributed by atoms with Gasteiger partial charge in [-0.2, -0.15) is 0 Å². The maximum Gasteiger partial charge on any atom is 0.175 e. The van der Waals surface area contributed by atoms with E-state index in [2.05, 4.69) is 28.2 Å². The molecule has 0 spiro atoms. The van der Waals surface area contributed by atoms with Gasteiger partial charge in [0.25, 0.3) is 0 Å². The zero-order valence-corrected chi connectivity index (χ0v) is 15.9. The quantitative estimate of drug-likeness (QED) is 0.637. The van der Waals surface area contributed by atoms with Crippen molar-refractivity contribution < 1.29 is 9.47 Å². The number of ether oxygens (including phenoxy) is 2. The number of methoxy groups -OCH3 is 1. The molecule has 0 radical (unpaired) electrons. The molecule has 5 heteroatoms. The monoisotopic (exact) mass is 397 g/mol. The minimum absolute atomic E-state index is 0.661. The molecule has 2 aromatic carbocycles. The van der Waals surface area contributed by atoms with Crippen molar-refractivity contribution in [2.75, 3.05) is 19.0 Å². The van der Waals surface area contributed by atoms with Crippen LogP contribution in [-0.4, -0.2) is 13.7 Å². The first kappa shape index (κ1) is 18.0. The van der Waals surface area contributed by atoms with Crippen molar-refractivity contribution in [1.29, 1.82) is 0 Å². The largest absolute Gasteiger partial charge is 0.493 e. The van der Waals surface area contributed by atoms with Crippen LogP contribution in [0.4, 0.5) is 5.69 Å². The molecule has 23 heavy (non-hydrogen) atoms. The summed E-state index contributed by atoms with van der Waals surface area (Å²) in [4.78, 5) is 0. The lowest BCUT2D eigenvalue weighted by molar-refractivity contribution is 0.292. The highest BCUT2D eigenvalue weighted by Crippen LogP contribution is 2.37. The van der Waals surface area contributed by atoms with Gasteiger partial charge in [-0.15, -0.1) is 0 Å². The summed E-state index contributed by atoms with van der Waals surface area (Å²) in [5.74, 6) is 1.48. The number of nitrogens with one attached hydrogen (secondary N) is 1. The summed E-state index contributed by atoms with van der Waals surface area (Å²) in [5.41, 5.74) is 3.17. The summed E-state index contributed by atoms with van der Waals surface area (Å²) in [6.45, 7) is 5.41. The van der Waals surface area contributed by atoms with Crippen molar-refractivity contribution in [2.24, 2.45) is 0 Å². The van der Waals surface area contributed by atoms with E-state index in [9.17, 15) is 0 Å². The van der Waals surface area contributed by atoms with Crippen LogP contribution < -0.4 is 14.8 Å². The Morgan fingerprint density at radius 1 is 1.26 bits per heavy atom. The average Bonchev–Trinajstić information content (AvgIpc) is 2.54. The number of hydrogen-bond acceptors (Lipinski definition) is 3. The molecule has 3 nitrogen and oxygen atoms in total. The lowest BCUT2D eigenvalue weighted by Crippen LogP contribution is -2.04. The van der Waals surface area contributed by atoms with Crippen molar-refractivity contribution in [3.8, 4) is 11.5 Å². The van der Waals surface area contributed by atoms with Gasteiger partial charge in [-0.25, -0.2) is 0 Å². The Balaban J connectivity index is 2.17. The minimum atomic E-state index is 0.661. The van der Waals surface area contributed by atoms with E-state index in [-0.39, 0.29) is 0 Å². The number of hydrogen-bond donors (Lipinski definition) is 1. The SMILES string of the molecule is CCCOc1c(Br)cc(CNc2cccc(Cl)c2C)cc1OC. The Labute approximate surface area is 151 Å². The molecule has 0 aliphatic rings. The first-order chi connectivity index (χ1) is 11.1. The van der Waals surface area contributed by atoms with Crippen LogP contribution in [-0.2, 0) is 6.54 Å². The third kappa shape index (κ3) is 4.55. The van der Waals surface area contributed by atoms with E-state index in [0.29, 0.717) is 13.2 Å². The lowest BCUT2D eigenvalue weighted by Gasteiger charge is -2.15. The molecular formula is C18H21BrClNO2. The van der Waals surface area contributed by atoms with E-state index in [1.165, 1.54) is 0 Å². The number of rotatable bonds is 7. The fourth-order valence-corrected chi connectivity index (χ4v) is 2.99. The Morgan fingerprint density at radius 3 is 2.74 bits per heavy atom. The van der Waals surface area contributed by atoms with Gasteiger partial charge >= 0.3 is 0 Å². The second-order valence-electron chi connectivity index (χ2n) is 5.22. The van der Waals surface area contributed by atoms with Gasteiger partial charge in [-0.1, -0.05) is 24.6 Å². The molecule has 1 N–H and O–H groups in total. The van der Waals surface area contributed by atoms with E-state index in [0.717, 1.165) is 44.2 Å². The second kappa shape index (κ2) is 8.46. The van der Waals surface area contributed by atoms with Crippen LogP contribution in [0.2, 0.25) is 5.02 Å². The number of anilines is 1. The predicted molar refractivity (Wildman–Crippen MR) is 100.0 cm³/mol. The van der Waals surface area contributed by atoms with Gasteiger partial charge in [0.2, 0.25) is 0 Å². The highest BCUT2D eigenvalue weighted by molar-refractivity contribution is 9.10. The van der Waals surface area contributed by atoms with E-state index in [4.69, 9.17) is 21.1 Å². The molecule has 0 amide bonds. The van der Waals surface area contributed by atoms with E-state index in [1.54, 1.807) is 7.11 Å². The summed E-state index contributed by atoms with van der Waals surface area (Å²) in [6, 6.07) is 9.88. The van der Waals surface area contributed by atoms with E-state index < -0.39 is 0 Å². The second-order valence-corrected chi connectivity index (χ2v) is 6.48. The fraction of sp³-hybridized carbons (Fsp3) is 0.333. The lowest BCUT2D eigenvalue weighted by atomic mass is 10.1. The predicted octanol–water partition coefficient (Wildman–Crippen LogP) is 5.82. The van der Waals surface area contributed by atoms with Crippen molar-refractivity contribution in [2.45, 2.75) is 26.8 Å². The Bertz CT molecular complexity index is 676. The molecule has 0 saturated heterocycles. The number of halogens is 2. The van der Waals surface area contributed by atoms with Gasteiger partial charge in [0.15, 0.2) is 11.5 Å². The van der Waals surface area contributed by atoms with Crippen LogP contribution in [0.1, 0.15) is 24.5 Å². The molecule has 2 aromatic rings. The van der Waals surface area contributed by atoms with Gasteiger partial charge in [-0.3, -0.25) is 0 Å². The minimum Gasteiger partial charge on any atom is -0.493 e. The molecule has 0 fully saturated rings. The molecule has 0 saturated carbocycles. The fourth-order valence-electron chi connectivity index (χ4n) is 2.22. The van der Waals surface area contributed by atoms with E-state index in [1.807, 2.05) is 37.3 Å². The van der Waals surface area contributed by atoms with Gasteiger partial charge in [0.1, 0.15) is 0 Å². The normalized spacial score (nSPS) is 10.5. The highest BCUT2D eigenvalue weighted by atomic mass is 79.9. The molecule has 0 aliphatic carbocycles. The molecular weight excluding hydrogens is 378 g/mol. The van der Waals surface area contributed by atoms with Crippen LogP contribution in [0.3, 0.4) is 0 Å². The van der Waals surface area contributed by atoms with Crippen molar-refractivity contribution in [3.63, 3.8) is 0 Å². The molecule has 0 heterocycles. The zero-order valence-electron chi connectivity index (χ0n) is 13.6. The third-order valence-electron chi connectivity index (χ3n) is 3.49. The van der Waals surface area contributed by atoms with E-state index >= 15 is 0 Å². The van der Waals surface area contributed by atoms with Crippen molar-refractivity contribution in [3.05, 3.63) is 51.0 Å². The van der Waals surface area contributed by atoms with Gasteiger partial charge in [0.05, 0.1) is 18.2 Å². The summed E-state index contributed by atoms with van der Waals surface area (Å²) in [7, 11) is 1.65. The zero-order chi connectivity index (χ0) is 16.8. The average molecular weight is 399 g/mol. The standard InChI is InChI=1S/C18H21BrClNO2/c1-4-8-23-18-14(19)9-13(10-17(18)22-3)11-21-16-7-5-6-15(20)12(16)2/h5-7,9-10,21H,4,8,11H2,1-3H3. The smallest absolute Gasteiger partial charge is 0.175 e. The van der Waals surface area contributed by atoms with Crippen molar-refractivity contribution in [1.82, 2.24) is 0 Å². The van der Waals surface area contributed by atoms with Gasteiger partial charge in [-0.05, 0) is 64.7 Å². The van der Waals surface area contributed by atoms with Gasteiger partial charge < -0.3 is 14.8 Å². The Hall–Kier alpha value is -1.39. The van der Waals surface area contributed by atoms with Crippen LogP contribution in [0.5, 0.6) is 11.5 Å². The van der Waals surface area contributed by atoms with Crippen LogP contribution >= 0.6 is 27.5 Å². The first-order valence-electron chi connectivity index (χ1n) is 7.55. The molecule has 0 atom stereocenters. The molecule has 0 unspecified atom stereocenters. The van der Waals surface area contributed by atoms with Crippen LogP contribution in [0, 0.1) is 6.92 Å². The maximum absolute atomic E-state index is 6.15. The van der Waals surface area contributed by atoms with Gasteiger partial charge in [0, 0.05) is 17.3 Å².